The molecule has 0 fully saturated rings. The predicted molar refractivity (Wildman–Crippen MR) is 101 cm³/mol. The molecule has 0 unspecified atom stereocenters. The molecule has 0 spiro atoms. The molecule has 0 saturated heterocycles. The van der Waals surface area contributed by atoms with E-state index >= 15 is 0 Å². The Hall–Kier alpha value is -1.97. The number of sulfonamides is 1. The summed E-state index contributed by atoms with van der Waals surface area (Å²) in [6.45, 7) is 5.72. The van der Waals surface area contributed by atoms with Gasteiger partial charge < -0.3 is 10.1 Å². The normalized spacial score (nSPS) is 12.8. The maximum Gasteiger partial charge on any atom is 0.241 e. The van der Waals surface area contributed by atoms with E-state index in [2.05, 4.69) is 15.0 Å². The molecule has 2 N–H and O–H groups in total. The lowest BCUT2D eigenvalue weighted by atomic mass is 10.1. The predicted octanol–water partition coefficient (Wildman–Crippen LogP) is 2.08. The van der Waals surface area contributed by atoms with Crippen LogP contribution in [0.1, 0.15) is 24.5 Å². The van der Waals surface area contributed by atoms with E-state index in [0.29, 0.717) is 5.75 Å². The highest BCUT2D eigenvalue weighted by Gasteiger charge is 2.28. The summed E-state index contributed by atoms with van der Waals surface area (Å²) in [5.74, 6) is -0.0492. The monoisotopic (exact) mass is 397 g/mol. The molecule has 1 heterocycles. The molecule has 1 amide bonds. The smallest absolute Gasteiger partial charge is 0.241 e. The molecule has 1 aromatic heterocycles. The standard InChI is InChI=1S/C17H23N3O4S2/c1-11(2)16(17(21)18-9-15-19-12(3)10-25-15)20-26(22,23)14-7-5-13(24-4)6-8-14/h5-8,10-11,16,20H,9H2,1-4H3,(H,18,21)/t16-/m0/s1. The summed E-state index contributed by atoms with van der Waals surface area (Å²) in [5.41, 5.74) is 0.889. The fraction of sp³-hybridized carbons (Fsp3) is 0.412. The van der Waals surface area contributed by atoms with Crippen molar-refractivity contribution in [3.05, 3.63) is 40.3 Å². The van der Waals surface area contributed by atoms with Crippen molar-refractivity contribution in [1.29, 1.82) is 0 Å². The van der Waals surface area contributed by atoms with Gasteiger partial charge in [0.1, 0.15) is 16.8 Å². The van der Waals surface area contributed by atoms with Crippen LogP contribution in [-0.4, -0.2) is 32.5 Å². The van der Waals surface area contributed by atoms with Gasteiger partial charge >= 0.3 is 0 Å². The molecule has 2 aromatic rings. The number of methoxy groups -OCH3 is 1. The Balaban J connectivity index is 2.08. The van der Waals surface area contributed by atoms with Gasteiger partial charge in [-0.25, -0.2) is 13.4 Å². The van der Waals surface area contributed by atoms with Gasteiger partial charge in [0.15, 0.2) is 0 Å². The van der Waals surface area contributed by atoms with Crippen LogP contribution in [0.5, 0.6) is 5.75 Å². The molecule has 2 rings (SSSR count). The van der Waals surface area contributed by atoms with Gasteiger partial charge in [-0.05, 0) is 37.1 Å². The lowest BCUT2D eigenvalue weighted by Gasteiger charge is -2.21. The first kappa shape index (κ1) is 20.3. The van der Waals surface area contributed by atoms with Gasteiger partial charge in [0.05, 0.1) is 18.6 Å². The average molecular weight is 398 g/mol. The third kappa shape index (κ3) is 5.26. The number of thiazole rings is 1. The highest BCUT2D eigenvalue weighted by molar-refractivity contribution is 7.89. The van der Waals surface area contributed by atoms with Crippen molar-refractivity contribution in [1.82, 2.24) is 15.0 Å². The summed E-state index contributed by atoms with van der Waals surface area (Å²) in [7, 11) is -2.33. The molecule has 0 aliphatic rings. The number of aryl methyl sites for hydroxylation is 1. The second-order valence-electron chi connectivity index (χ2n) is 6.12. The van der Waals surface area contributed by atoms with Crippen molar-refractivity contribution in [2.24, 2.45) is 5.92 Å². The van der Waals surface area contributed by atoms with E-state index in [-0.39, 0.29) is 23.3 Å². The quantitative estimate of drug-likeness (QED) is 0.711. The Morgan fingerprint density at radius 2 is 1.92 bits per heavy atom. The molecule has 7 nitrogen and oxygen atoms in total. The van der Waals surface area contributed by atoms with Crippen LogP contribution < -0.4 is 14.8 Å². The summed E-state index contributed by atoms with van der Waals surface area (Å²) >= 11 is 1.45. The van der Waals surface area contributed by atoms with Crippen LogP contribution >= 0.6 is 11.3 Å². The van der Waals surface area contributed by atoms with Crippen LogP contribution in [0.2, 0.25) is 0 Å². The number of carbonyl (C=O) groups excluding carboxylic acids is 1. The second kappa shape index (κ2) is 8.61. The van der Waals surface area contributed by atoms with Crippen LogP contribution in [0.15, 0.2) is 34.5 Å². The number of rotatable bonds is 8. The van der Waals surface area contributed by atoms with Crippen LogP contribution in [0.4, 0.5) is 0 Å². The van der Waals surface area contributed by atoms with Crippen molar-refractivity contribution in [2.45, 2.75) is 38.3 Å². The molecule has 0 aliphatic heterocycles. The maximum absolute atomic E-state index is 12.6. The van der Waals surface area contributed by atoms with Gasteiger partial charge in [-0.2, -0.15) is 4.72 Å². The molecule has 0 saturated carbocycles. The van der Waals surface area contributed by atoms with Gasteiger partial charge in [0.2, 0.25) is 15.9 Å². The minimum absolute atomic E-state index is 0.0762. The summed E-state index contributed by atoms with van der Waals surface area (Å²) in [6, 6.07) is 5.11. The van der Waals surface area contributed by atoms with E-state index in [4.69, 9.17) is 4.74 Å². The van der Waals surface area contributed by atoms with E-state index in [1.165, 1.54) is 30.6 Å². The van der Waals surface area contributed by atoms with Crippen LogP contribution in [0, 0.1) is 12.8 Å². The minimum atomic E-state index is -3.83. The maximum atomic E-state index is 12.6. The molecule has 0 bridgehead atoms. The Morgan fingerprint density at radius 1 is 1.27 bits per heavy atom. The molecule has 26 heavy (non-hydrogen) atoms. The van der Waals surface area contributed by atoms with Gasteiger partial charge in [0, 0.05) is 11.1 Å². The minimum Gasteiger partial charge on any atom is -0.497 e. The lowest BCUT2D eigenvalue weighted by molar-refractivity contribution is -0.123. The van der Waals surface area contributed by atoms with Crippen molar-refractivity contribution in [3.8, 4) is 5.75 Å². The summed E-state index contributed by atoms with van der Waals surface area (Å²) in [5, 5.41) is 5.42. The van der Waals surface area contributed by atoms with Crippen LogP contribution in [0.25, 0.3) is 0 Å². The summed E-state index contributed by atoms with van der Waals surface area (Å²) in [6.07, 6.45) is 0. The average Bonchev–Trinajstić information content (AvgIpc) is 3.03. The van der Waals surface area contributed by atoms with Crippen molar-refractivity contribution in [3.63, 3.8) is 0 Å². The van der Waals surface area contributed by atoms with Gasteiger partial charge in [-0.15, -0.1) is 11.3 Å². The number of hydrogen-bond acceptors (Lipinski definition) is 6. The fourth-order valence-electron chi connectivity index (χ4n) is 2.24. The molecule has 1 atom stereocenters. The molecule has 9 heteroatoms. The number of aromatic nitrogens is 1. The zero-order valence-electron chi connectivity index (χ0n) is 15.1. The van der Waals surface area contributed by atoms with E-state index in [1.54, 1.807) is 26.0 Å². The highest BCUT2D eigenvalue weighted by atomic mass is 32.2. The Kier molecular flexibility index (Phi) is 6.74. The Labute approximate surface area is 157 Å². The van der Waals surface area contributed by atoms with Gasteiger partial charge in [-0.3, -0.25) is 4.79 Å². The largest absolute Gasteiger partial charge is 0.497 e. The van der Waals surface area contributed by atoms with E-state index < -0.39 is 16.1 Å². The number of nitrogens with one attached hydrogen (secondary N) is 2. The number of amides is 1. The number of hydrogen-bond donors (Lipinski definition) is 2. The Morgan fingerprint density at radius 3 is 2.42 bits per heavy atom. The molecule has 0 aliphatic carbocycles. The fourth-order valence-corrected chi connectivity index (χ4v) is 4.29. The van der Waals surface area contributed by atoms with Crippen molar-refractivity contribution >= 4 is 27.3 Å². The first-order valence-electron chi connectivity index (χ1n) is 8.08. The molecular weight excluding hydrogens is 374 g/mol. The first-order valence-corrected chi connectivity index (χ1v) is 10.4. The molecular formula is C17H23N3O4S2. The van der Waals surface area contributed by atoms with E-state index in [9.17, 15) is 13.2 Å². The van der Waals surface area contributed by atoms with Crippen molar-refractivity contribution in [2.75, 3.05) is 7.11 Å². The topological polar surface area (TPSA) is 97.4 Å². The van der Waals surface area contributed by atoms with Crippen molar-refractivity contribution < 1.29 is 17.9 Å². The van der Waals surface area contributed by atoms with E-state index in [1.807, 2.05) is 12.3 Å². The SMILES string of the molecule is COc1ccc(S(=O)(=O)N[C@H](C(=O)NCc2nc(C)cs2)C(C)C)cc1. The molecule has 1 aromatic carbocycles. The summed E-state index contributed by atoms with van der Waals surface area (Å²) in [4.78, 5) is 16.8. The van der Waals surface area contributed by atoms with Crippen LogP contribution in [0.3, 0.4) is 0 Å². The molecule has 0 radical (unpaired) electrons. The molecule has 142 valence electrons. The zero-order valence-corrected chi connectivity index (χ0v) is 16.8. The third-order valence-corrected chi connectivity index (χ3v) is 6.11. The number of benzene rings is 1. The summed E-state index contributed by atoms with van der Waals surface area (Å²) < 4.78 is 32.7. The number of nitrogens with zero attached hydrogens (tertiary/aromatic N) is 1. The second-order valence-corrected chi connectivity index (χ2v) is 8.78. The van der Waals surface area contributed by atoms with Crippen LogP contribution in [-0.2, 0) is 21.4 Å². The lowest BCUT2D eigenvalue weighted by Crippen LogP contribution is -2.49. The number of carbonyl (C=O) groups is 1. The third-order valence-electron chi connectivity index (χ3n) is 3.68. The highest BCUT2D eigenvalue weighted by Crippen LogP contribution is 2.17. The van der Waals surface area contributed by atoms with Gasteiger partial charge in [-0.1, -0.05) is 13.8 Å². The zero-order chi connectivity index (χ0) is 19.3. The van der Waals surface area contributed by atoms with Gasteiger partial charge in [0.25, 0.3) is 0 Å². The van der Waals surface area contributed by atoms with E-state index in [0.717, 1.165) is 10.7 Å². The Bertz CT molecular complexity index is 845. The first-order chi connectivity index (χ1) is 12.2. The number of ether oxygens (including phenoxy) is 1.